The molecule has 0 radical (unpaired) electrons. The maximum Gasteiger partial charge on any atom is 0.289 e. The monoisotopic (exact) mass is 355 g/mol. The van der Waals surface area contributed by atoms with Gasteiger partial charge in [-0.15, -0.1) is 0 Å². The fourth-order valence-electron chi connectivity index (χ4n) is 2.55. The summed E-state index contributed by atoms with van der Waals surface area (Å²) in [6, 6.07) is 11.7. The van der Waals surface area contributed by atoms with Crippen LogP contribution in [0.4, 0.5) is 11.4 Å². The van der Waals surface area contributed by atoms with E-state index in [9.17, 15) is 14.9 Å². The average molecular weight is 356 g/mol. The summed E-state index contributed by atoms with van der Waals surface area (Å²) in [5.74, 6) is -0.384. The van der Waals surface area contributed by atoms with Gasteiger partial charge in [-0.25, -0.2) is 0 Å². The zero-order chi connectivity index (χ0) is 18.1. The molecule has 7 heteroatoms. The van der Waals surface area contributed by atoms with E-state index in [2.05, 4.69) is 10.3 Å². The van der Waals surface area contributed by atoms with Crippen LogP contribution >= 0.6 is 11.6 Å². The van der Waals surface area contributed by atoms with E-state index in [1.54, 1.807) is 13.0 Å². The van der Waals surface area contributed by atoms with Crippen LogP contribution < -0.4 is 5.32 Å². The molecule has 6 nitrogen and oxygen atoms in total. The van der Waals surface area contributed by atoms with Gasteiger partial charge in [0.1, 0.15) is 5.02 Å². The first-order chi connectivity index (χ1) is 11.8. The highest BCUT2D eigenvalue weighted by Crippen LogP contribution is 2.28. The van der Waals surface area contributed by atoms with E-state index < -0.39 is 4.92 Å². The van der Waals surface area contributed by atoms with Gasteiger partial charge in [0.05, 0.1) is 21.7 Å². The SMILES string of the molecule is Cc1ccc2nc(C)c(C(=O)Nc3ccc(Cl)c([N+](=O)[O-])c3)cc2c1. The third-order valence-electron chi connectivity index (χ3n) is 3.81. The summed E-state index contributed by atoms with van der Waals surface area (Å²) >= 11 is 5.79. The normalized spacial score (nSPS) is 10.7. The van der Waals surface area contributed by atoms with Crippen molar-refractivity contribution >= 4 is 39.8 Å². The van der Waals surface area contributed by atoms with Crippen LogP contribution in [-0.4, -0.2) is 15.8 Å². The smallest absolute Gasteiger partial charge is 0.289 e. The second-order valence-corrected chi connectivity index (χ2v) is 6.10. The molecule has 0 saturated carbocycles. The Bertz CT molecular complexity index is 1020. The van der Waals surface area contributed by atoms with Crippen LogP contribution in [0.25, 0.3) is 10.9 Å². The Morgan fingerprint density at radius 2 is 1.92 bits per heavy atom. The number of anilines is 1. The summed E-state index contributed by atoms with van der Waals surface area (Å²) in [5, 5.41) is 14.5. The Hall–Kier alpha value is -2.99. The molecule has 0 spiro atoms. The maximum atomic E-state index is 12.6. The molecule has 0 bridgehead atoms. The van der Waals surface area contributed by atoms with Crippen LogP contribution in [-0.2, 0) is 0 Å². The van der Waals surface area contributed by atoms with Crippen molar-refractivity contribution in [2.45, 2.75) is 13.8 Å². The third-order valence-corrected chi connectivity index (χ3v) is 4.13. The number of rotatable bonds is 3. The zero-order valence-corrected chi connectivity index (χ0v) is 14.3. The predicted molar refractivity (Wildman–Crippen MR) is 97.3 cm³/mol. The lowest BCUT2D eigenvalue weighted by molar-refractivity contribution is -0.384. The molecule has 3 rings (SSSR count). The van der Waals surface area contributed by atoms with Gasteiger partial charge in [0, 0.05) is 17.1 Å². The number of carbonyl (C=O) groups is 1. The van der Waals surface area contributed by atoms with Crippen molar-refractivity contribution in [2.75, 3.05) is 5.32 Å². The van der Waals surface area contributed by atoms with Gasteiger partial charge in [0.25, 0.3) is 11.6 Å². The van der Waals surface area contributed by atoms with E-state index >= 15 is 0 Å². The van der Waals surface area contributed by atoms with Gasteiger partial charge in [0.2, 0.25) is 0 Å². The quantitative estimate of drug-likeness (QED) is 0.546. The highest BCUT2D eigenvalue weighted by molar-refractivity contribution is 6.32. The summed E-state index contributed by atoms with van der Waals surface area (Å²) in [5.41, 5.74) is 2.90. The molecule has 1 amide bonds. The molecule has 2 aromatic carbocycles. The number of halogens is 1. The molecule has 0 atom stereocenters. The van der Waals surface area contributed by atoms with Gasteiger partial charge in [0.15, 0.2) is 0 Å². The van der Waals surface area contributed by atoms with Crippen LogP contribution in [0.2, 0.25) is 5.02 Å². The molecular formula is C18H14ClN3O3. The molecule has 1 N–H and O–H groups in total. The topological polar surface area (TPSA) is 85.1 Å². The van der Waals surface area contributed by atoms with E-state index in [4.69, 9.17) is 11.6 Å². The van der Waals surface area contributed by atoms with Crippen molar-refractivity contribution in [1.82, 2.24) is 4.98 Å². The summed E-state index contributed by atoms with van der Waals surface area (Å²) in [4.78, 5) is 27.4. The number of benzene rings is 2. The molecule has 0 unspecified atom stereocenters. The molecule has 3 aromatic rings. The van der Waals surface area contributed by atoms with E-state index in [1.165, 1.54) is 18.2 Å². The molecule has 0 fully saturated rings. The highest BCUT2D eigenvalue weighted by atomic mass is 35.5. The largest absolute Gasteiger partial charge is 0.322 e. The molecular weight excluding hydrogens is 342 g/mol. The van der Waals surface area contributed by atoms with Crippen LogP contribution in [0.15, 0.2) is 42.5 Å². The molecule has 25 heavy (non-hydrogen) atoms. The Morgan fingerprint density at radius 1 is 1.16 bits per heavy atom. The number of hydrogen-bond donors (Lipinski definition) is 1. The minimum atomic E-state index is -0.594. The summed E-state index contributed by atoms with van der Waals surface area (Å²) in [7, 11) is 0. The number of aromatic nitrogens is 1. The van der Waals surface area contributed by atoms with Crippen LogP contribution in [0.1, 0.15) is 21.6 Å². The minimum absolute atomic E-state index is 0.0158. The van der Waals surface area contributed by atoms with Gasteiger partial charge in [-0.05, 0) is 44.2 Å². The number of nitro groups is 1. The molecule has 0 aliphatic rings. The molecule has 0 aliphatic carbocycles. The van der Waals surface area contributed by atoms with Crippen LogP contribution in [0.3, 0.4) is 0 Å². The number of nitro benzene ring substituents is 1. The summed E-state index contributed by atoms with van der Waals surface area (Å²) in [6.45, 7) is 3.71. The lowest BCUT2D eigenvalue weighted by Gasteiger charge is -2.09. The minimum Gasteiger partial charge on any atom is -0.322 e. The Morgan fingerprint density at radius 3 is 2.64 bits per heavy atom. The van der Waals surface area contributed by atoms with Crippen LogP contribution in [0, 0.1) is 24.0 Å². The van der Waals surface area contributed by atoms with Crippen molar-refractivity contribution in [3.05, 3.63) is 74.4 Å². The summed E-state index contributed by atoms with van der Waals surface area (Å²) in [6.07, 6.45) is 0. The maximum absolute atomic E-state index is 12.6. The number of nitrogens with zero attached hydrogens (tertiary/aromatic N) is 2. The fraction of sp³-hybridized carbons (Fsp3) is 0.111. The first kappa shape index (κ1) is 16.9. The second-order valence-electron chi connectivity index (χ2n) is 5.69. The molecule has 1 heterocycles. The number of nitrogens with one attached hydrogen (secondary N) is 1. The molecule has 126 valence electrons. The fourth-order valence-corrected chi connectivity index (χ4v) is 2.74. The van der Waals surface area contributed by atoms with Crippen molar-refractivity contribution in [2.24, 2.45) is 0 Å². The number of amides is 1. The van der Waals surface area contributed by atoms with Crippen molar-refractivity contribution in [3.8, 4) is 0 Å². The molecule has 0 saturated heterocycles. The van der Waals surface area contributed by atoms with E-state index in [0.29, 0.717) is 16.9 Å². The number of hydrogen-bond acceptors (Lipinski definition) is 4. The number of carbonyl (C=O) groups excluding carboxylic acids is 1. The highest BCUT2D eigenvalue weighted by Gasteiger charge is 2.16. The lowest BCUT2D eigenvalue weighted by Crippen LogP contribution is -2.14. The number of fused-ring (bicyclic) bond motifs is 1. The second kappa shape index (κ2) is 6.49. The first-order valence-electron chi connectivity index (χ1n) is 7.48. The average Bonchev–Trinajstić information content (AvgIpc) is 2.56. The van der Waals surface area contributed by atoms with E-state index in [1.807, 2.05) is 25.1 Å². The zero-order valence-electron chi connectivity index (χ0n) is 13.5. The van der Waals surface area contributed by atoms with Gasteiger partial charge in [-0.1, -0.05) is 23.2 Å². The van der Waals surface area contributed by atoms with Gasteiger partial charge < -0.3 is 5.32 Å². The first-order valence-corrected chi connectivity index (χ1v) is 7.86. The van der Waals surface area contributed by atoms with Gasteiger partial charge in [-0.3, -0.25) is 19.9 Å². The number of aryl methyl sites for hydroxylation is 2. The van der Waals surface area contributed by atoms with Gasteiger partial charge >= 0.3 is 0 Å². The van der Waals surface area contributed by atoms with Crippen molar-refractivity contribution in [1.29, 1.82) is 0 Å². The van der Waals surface area contributed by atoms with Crippen molar-refractivity contribution in [3.63, 3.8) is 0 Å². The molecule has 0 aliphatic heterocycles. The van der Waals surface area contributed by atoms with Crippen molar-refractivity contribution < 1.29 is 9.72 Å². The van der Waals surface area contributed by atoms with E-state index in [-0.39, 0.29) is 16.6 Å². The van der Waals surface area contributed by atoms with E-state index in [0.717, 1.165) is 16.5 Å². The van der Waals surface area contributed by atoms with Gasteiger partial charge in [-0.2, -0.15) is 0 Å². The molecule has 1 aromatic heterocycles. The summed E-state index contributed by atoms with van der Waals surface area (Å²) < 4.78 is 0. The lowest BCUT2D eigenvalue weighted by atomic mass is 10.1. The standard InChI is InChI=1S/C18H14ClN3O3/c1-10-3-6-16-12(7-10)8-14(11(2)20-16)18(23)21-13-4-5-15(19)17(9-13)22(24)25/h3-9H,1-2H3,(H,21,23). The Labute approximate surface area is 148 Å². The van der Waals surface area contributed by atoms with Crippen LogP contribution in [0.5, 0.6) is 0 Å². The third kappa shape index (κ3) is 3.44. The Kier molecular flexibility index (Phi) is 4.37. The Balaban J connectivity index is 1.96. The number of pyridine rings is 1. The predicted octanol–water partition coefficient (Wildman–Crippen LogP) is 4.67.